The lowest BCUT2D eigenvalue weighted by Gasteiger charge is -2.12. The van der Waals surface area contributed by atoms with E-state index in [1.165, 1.54) is 24.4 Å². The Morgan fingerprint density at radius 1 is 1.43 bits per heavy atom. The summed E-state index contributed by atoms with van der Waals surface area (Å²) in [7, 11) is 1.54. The van der Waals surface area contributed by atoms with Crippen LogP contribution in [0.15, 0.2) is 23.1 Å². The van der Waals surface area contributed by atoms with Crippen LogP contribution in [0.25, 0.3) is 0 Å². The first-order valence-corrected chi connectivity index (χ1v) is 8.15. The molecule has 0 bridgehead atoms. The highest BCUT2D eigenvalue weighted by atomic mass is 32.2. The van der Waals surface area contributed by atoms with Crippen molar-refractivity contribution in [2.24, 2.45) is 0 Å². The average molecular weight is 323 g/mol. The van der Waals surface area contributed by atoms with Gasteiger partial charge in [-0.25, -0.2) is 0 Å². The molecule has 1 fully saturated rings. The first-order valence-electron chi connectivity index (χ1n) is 6.56. The summed E-state index contributed by atoms with van der Waals surface area (Å²) in [5.41, 5.74) is 7.78. The molecule has 0 saturated heterocycles. The molecule has 2 aromatic rings. The van der Waals surface area contributed by atoms with Crippen LogP contribution in [-0.2, 0) is 0 Å². The molecular formula is C13H17N5OS2. The minimum Gasteiger partial charge on any atom is -0.466 e. The van der Waals surface area contributed by atoms with Crippen molar-refractivity contribution in [2.45, 2.75) is 30.2 Å². The molecule has 1 saturated carbocycles. The summed E-state index contributed by atoms with van der Waals surface area (Å²) in [6.07, 6.45) is 2.45. The number of anilines is 3. The summed E-state index contributed by atoms with van der Waals surface area (Å²) in [5.74, 6) is 0. The molecule has 0 radical (unpaired) electrons. The molecule has 1 aliphatic rings. The number of hydrogen-bond donors (Lipinski definition) is 3. The monoisotopic (exact) mass is 323 g/mol. The van der Waals surface area contributed by atoms with Gasteiger partial charge in [0.15, 0.2) is 0 Å². The second-order valence-electron chi connectivity index (χ2n) is 5.23. The Bertz CT molecular complexity index is 641. The van der Waals surface area contributed by atoms with E-state index in [1.54, 1.807) is 19.1 Å². The van der Waals surface area contributed by atoms with Crippen LogP contribution in [0.5, 0.6) is 6.01 Å². The zero-order valence-electron chi connectivity index (χ0n) is 11.8. The van der Waals surface area contributed by atoms with Gasteiger partial charge in [0, 0.05) is 22.0 Å². The highest BCUT2D eigenvalue weighted by Crippen LogP contribution is 2.38. The van der Waals surface area contributed by atoms with E-state index in [-0.39, 0.29) is 5.54 Å². The van der Waals surface area contributed by atoms with Crippen molar-refractivity contribution >= 4 is 40.0 Å². The summed E-state index contributed by atoms with van der Waals surface area (Å²) in [5, 5.41) is 3.83. The third-order valence-corrected chi connectivity index (χ3v) is 4.97. The van der Waals surface area contributed by atoms with Crippen LogP contribution in [0.3, 0.4) is 0 Å². The second-order valence-corrected chi connectivity index (χ2v) is 6.86. The lowest BCUT2D eigenvalue weighted by Crippen LogP contribution is -2.19. The van der Waals surface area contributed by atoms with Crippen LogP contribution in [0.4, 0.5) is 16.5 Å². The van der Waals surface area contributed by atoms with E-state index in [9.17, 15) is 0 Å². The molecule has 1 aromatic carbocycles. The Kier molecular flexibility index (Phi) is 3.92. The fourth-order valence-electron chi connectivity index (χ4n) is 1.64. The fraction of sp³-hybridized carbons (Fsp3) is 0.385. The number of benzene rings is 1. The lowest BCUT2D eigenvalue weighted by atomic mass is 10.3. The van der Waals surface area contributed by atoms with Gasteiger partial charge in [-0.1, -0.05) is 0 Å². The SMILES string of the molecule is COc1nsc(Nc2cc(SNC3(C)CC3)ccc2N)n1. The number of rotatable bonds is 6. The van der Waals surface area contributed by atoms with Crippen molar-refractivity contribution < 1.29 is 4.74 Å². The zero-order valence-corrected chi connectivity index (χ0v) is 13.5. The van der Waals surface area contributed by atoms with E-state index in [0.717, 1.165) is 10.6 Å². The molecule has 4 N–H and O–H groups in total. The van der Waals surface area contributed by atoms with Gasteiger partial charge in [0.2, 0.25) is 5.13 Å². The van der Waals surface area contributed by atoms with Gasteiger partial charge < -0.3 is 15.8 Å². The molecule has 21 heavy (non-hydrogen) atoms. The Morgan fingerprint density at radius 2 is 2.24 bits per heavy atom. The molecule has 0 aliphatic heterocycles. The summed E-state index contributed by atoms with van der Waals surface area (Å²) < 4.78 is 12.5. The number of nitrogens with one attached hydrogen (secondary N) is 2. The molecule has 0 amide bonds. The molecule has 0 spiro atoms. The number of nitrogens with zero attached hydrogens (tertiary/aromatic N) is 2. The van der Waals surface area contributed by atoms with Crippen LogP contribution >= 0.6 is 23.5 Å². The zero-order chi connectivity index (χ0) is 14.9. The van der Waals surface area contributed by atoms with E-state index in [2.05, 4.69) is 26.3 Å². The Balaban J connectivity index is 1.71. The molecule has 0 atom stereocenters. The van der Waals surface area contributed by atoms with Crippen LogP contribution in [0.2, 0.25) is 0 Å². The number of aromatic nitrogens is 2. The van der Waals surface area contributed by atoms with E-state index < -0.39 is 0 Å². The third-order valence-electron chi connectivity index (χ3n) is 3.27. The van der Waals surface area contributed by atoms with Crippen molar-refractivity contribution in [3.8, 4) is 6.01 Å². The van der Waals surface area contributed by atoms with Gasteiger partial charge in [0.25, 0.3) is 0 Å². The minimum atomic E-state index is 0.284. The van der Waals surface area contributed by atoms with Gasteiger partial charge in [-0.2, -0.15) is 4.98 Å². The van der Waals surface area contributed by atoms with E-state index >= 15 is 0 Å². The first kappa shape index (κ1) is 14.4. The minimum absolute atomic E-state index is 0.284. The summed E-state index contributed by atoms with van der Waals surface area (Å²) in [6.45, 7) is 2.23. The maximum Gasteiger partial charge on any atom is 0.329 e. The number of methoxy groups -OCH3 is 1. The predicted octanol–water partition coefficient (Wildman–Crippen LogP) is 3.02. The Labute approximate surface area is 131 Å². The van der Waals surface area contributed by atoms with Gasteiger partial charge >= 0.3 is 6.01 Å². The standard InChI is InChI=1S/C13H17N5OS2/c1-13(5-6-13)18-20-8-3-4-9(14)10(7-8)15-12-16-11(19-2)17-21-12/h3-4,7,18H,5-6,14H2,1-2H3,(H,15,16,17). The molecule has 1 aromatic heterocycles. The average Bonchev–Trinajstić information content (AvgIpc) is 3.04. The quantitative estimate of drug-likeness (QED) is 0.556. The van der Waals surface area contributed by atoms with Gasteiger partial charge in [-0.05, 0) is 49.9 Å². The molecule has 1 heterocycles. The smallest absolute Gasteiger partial charge is 0.329 e. The lowest BCUT2D eigenvalue weighted by molar-refractivity contribution is 0.386. The van der Waals surface area contributed by atoms with Gasteiger partial charge in [-0.3, -0.25) is 4.72 Å². The molecule has 112 valence electrons. The van der Waals surface area contributed by atoms with E-state index in [4.69, 9.17) is 10.5 Å². The van der Waals surface area contributed by atoms with E-state index in [0.29, 0.717) is 16.8 Å². The Morgan fingerprint density at radius 3 is 2.90 bits per heavy atom. The van der Waals surface area contributed by atoms with E-state index in [1.807, 2.05) is 18.2 Å². The summed E-state index contributed by atoms with van der Waals surface area (Å²) >= 11 is 2.87. The molecule has 3 rings (SSSR count). The number of ether oxygens (including phenoxy) is 1. The fourth-order valence-corrected chi connectivity index (χ4v) is 3.07. The number of nitrogens with two attached hydrogens (primary N) is 1. The van der Waals surface area contributed by atoms with Crippen molar-refractivity contribution in [3.63, 3.8) is 0 Å². The molecule has 0 unspecified atom stereocenters. The highest BCUT2D eigenvalue weighted by molar-refractivity contribution is 7.97. The maximum atomic E-state index is 6.00. The third kappa shape index (κ3) is 3.58. The molecule has 1 aliphatic carbocycles. The van der Waals surface area contributed by atoms with Gasteiger partial charge in [0.05, 0.1) is 18.5 Å². The predicted molar refractivity (Wildman–Crippen MR) is 87.2 cm³/mol. The van der Waals surface area contributed by atoms with Crippen molar-refractivity contribution in [2.75, 3.05) is 18.2 Å². The topological polar surface area (TPSA) is 85.1 Å². The normalized spacial score (nSPS) is 15.7. The summed E-state index contributed by atoms with van der Waals surface area (Å²) in [6, 6.07) is 6.26. The van der Waals surface area contributed by atoms with Gasteiger partial charge in [-0.15, -0.1) is 4.37 Å². The van der Waals surface area contributed by atoms with Gasteiger partial charge in [0.1, 0.15) is 0 Å². The second kappa shape index (κ2) is 5.70. The van der Waals surface area contributed by atoms with Crippen molar-refractivity contribution in [3.05, 3.63) is 18.2 Å². The first-order chi connectivity index (χ1) is 10.1. The molecular weight excluding hydrogens is 306 g/mol. The summed E-state index contributed by atoms with van der Waals surface area (Å²) in [4.78, 5) is 5.29. The number of nitrogen functional groups attached to an aromatic ring is 1. The molecule has 6 nitrogen and oxygen atoms in total. The molecule has 8 heteroatoms. The van der Waals surface area contributed by atoms with Crippen LogP contribution in [-0.4, -0.2) is 22.0 Å². The number of hydrogen-bond acceptors (Lipinski definition) is 8. The van der Waals surface area contributed by atoms with Crippen LogP contribution in [0.1, 0.15) is 19.8 Å². The largest absolute Gasteiger partial charge is 0.466 e. The van der Waals surface area contributed by atoms with Crippen LogP contribution < -0.4 is 20.5 Å². The highest BCUT2D eigenvalue weighted by Gasteiger charge is 2.37. The Hall–Kier alpha value is -1.51. The van der Waals surface area contributed by atoms with Crippen molar-refractivity contribution in [1.29, 1.82) is 0 Å². The van der Waals surface area contributed by atoms with Crippen molar-refractivity contribution in [1.82, 2.24) is 14.1 Å². The van der Waals surface area contributed by atoms with Crippen LogP contribution in [0, 0.1) is 0 Å². The maximum absolute atomic E-state index is 6.00.